The van der Waals surface area contributed by atoms with E-state index in [0.717, 1.165) is 9.87 Å². The molecule has 0 saturated carbocycles. The molecule has 0 saturated heterocycles. The van der Waals surface area contributed by atoms with Gasteiger partial charge in [0.2, 0.25) is 11.6 Å². The largest absolute Gasteiger partial charge is 0.289 e. The Morgan fingerprint density at radius 2 is 1.60 bits per heavy atom. The third-order valence-corrected chi connectivity index (χ3v) is 5.87. The summed E-state index contributed by atoms with van der Waals surface area (Å²) in [6, 6.07) is 13.3. The lowest BCUT2D eigenvalue weighted by Crippen LogP contribution is -2.46. The predicted octanol–water partition coefficient (Wildman–Crippen LogP) is 2.96. The standard InChI is InChI=1S/C18H18ClNO4S/c1-13-8-10-16(11-9-13)25(23,24)20(15-6-4-3-5-7-15)14(2)18(22)17(21)12-19/h3-11,14H,12H2,1-2H3/t14-/m0/s1. The lowest BCUT2D eigenvalue weighted by molar-refractivity contribution is -0.135. The molecule has 0 aliphatic carbocycles. The number of aryl methyl sites for hydroxylation is 1. The minimum absolute atomic E-state index is 0.0416. The Bertz CT molecular complexity index is 864. The number of nitrogens with zero attached hydrogens (tertiary/aromatic N) is 1. The van der Waals surface area contributed by atoms with Crippen LogP contribution in [0.1, 0.15) is 12.5 Å². The Morgan fingerprint density at radius 3 is 2.12 bits per heavy atom. The van der Waals surface area contributed by atoms with E-state index in [4.69, 9.17) is 11.6 Å². The predicted molar refractivity (Wildman–Crippen MR) is 97.5 cm³/mol. The number of hydrogen-bond donors (Lipinski definition) is 0. The summed E-state index contributed by atoms with van der Waals surface area (Å²) in [5, 5.41) is 0. The van der Waals surface area contributed by atoms with Gasteiger partial charge in [-0.1, -0.05) is 35.9 Å². The van der Waals surface area contributed by atoms with Crippen molar-refractivity contribution in [2.75, 3.05) is 10.2 Å². The highest BCUT2D eigenvalue weighted by Crippen LogP contribution is 2.26. The summed E-state index contributed by atoms with van der Waals surface area (Å²) in [6.45, 7) is 3.22. The second-order valence-electron chi connectivity index (χ2n) is 5.55. The van der Waals surface area contributed by atoms with Crippen molar-refractivity contribution in [2.24, 2.45) is 0 Å². The molecule has 2 rings (SSSR count). The highest BCUT2D eigenvalue weighted by Gasteiger charge is 2.35. The summed E-state index contributed by atoms with van der Waals surface area (Å²) in [6.07, 6.45) is 0. The number of ketones is 2. The van der Waals surface area contributed by atoms with Crippen molar-refractivity contribution in [1.82, 2.24) is 0 Å². The SMILES string of the molecule is Cc1ccc(S(=O)(=O)N(c2ccccc2)[C@@H](C)C(=O)C(=O)CCl)cc1. The number of para-hydroxylation sites is 1. The summed E-state index contributed by atoms with van der Waals surface area (Å²) in [5.74, 6) is -2.17. The average Bonchev–Trinajstić information content (AvgIpc) is 2.61. The zero-order chi connectivity index (χ0) is 18.6. The fourth-order valence-corrected chi connectivity index (χ4v) is 4.12. The van der Waals surface area contributed by atoms with E-state index >= 15 is 0 Å². The van der Waals surface area contributed by atoms with Crippen LogP contribution in [0.3, 0.4) is 0 Å². The van der Waals surface area contributed by atoms with E-state index in [1.807, 2.05) is 6.92 Å². The first-order valence-electron chi connectivity index (χ1n) is 7.58. The number of alkyl halides is 1. The second-order valence-corrected chi connectivity index (χ2v) is 7.63. The van der Waals surface area contributed by atoms with Crippen LogP contribution in [0.4, 0.5) is 5.69 Å². The van der Waals surface area contributed by atoms with Gasteiger partial charge in [-0.05, 0) is 38.1 Å². The van der Waals surface area contributed by atoms with Crippen molar-refractivity contribution in [3.05, 3.63) is 60.2 Å². The van der Waals surface area contributed by atoms with Crippen molar-refractivity contribution in [2.45, 2.75) is 24.8 Å². The van der Waals surface area contributed by atoms with E-state index in [1.54, 1.807) is 42.5 Å². The fraction of sp³-hybridized carbons (Fsp3) is 0.222. The maximum absolute atomic E-state index is 13.1. The van der Waals surface area contributed by atoms with Crippen LogP contribution in [0.25, 0.3) is 0 Å². The molecule has 2 aromatic rings. The lowest BCUT2D eigenvalue weighted by atomic mass is 10.1. The van der Waals surface area contributed by atoms with Crippen LogP contribution >= 0.6 is 11.6 Å². The number of carbonyl (C=O) groups is 2. The summed E-state index contributed by atoms with van der Waals surface area (Å²) in [7, 11) is -4.04. The number of benzene rings is 2. The number of sulfonamides is 1. The van der Waals surface area contributed by atoms with Crippen LogP contribution in [0.15, 0.2) is 59.5 Å². The van der Waals surface area contributed by atoms with Gasteiger partial charge < -0.3 is 0 Å². The summed E-state index contributed by atoms with van der Waals surface area (Å²) in [4.78, 5) is 24.0. The number of hydrogen-bond acceptors (Lipinski definition) is 4. The summed E-state index contributed by atoms with van der Waals surface area (Å²) >= 11 is 5.45. The number of anilines is 1. The fourth-order valence-electron chi connectivity index (χ4n) is 2.37. The molecule has 1 atom stereocenters. The normalized spacial score (nSPS) is 12.4. The van der Waals surface area contributed by atoms with Gasteiger partial charge in [0.15, 0.2) is 0 Å². The van der Waals surface area contributed by atoms with Crippen LogP contribution in [0, 0.1) is 6.92 Å². The van der Waals surface area contributed by atoms with E-state index in [9.17, 15) is 18.0 Å². The van der Waals surface area contributed by atoms with E-state index in [1.165, 1.54) is 19.1 Å². The van der Waals surface area contributed by atoms with Crippen molar-refractivity contribution in [1.29, 1.82) is 0 Å². The number of Topliss-reactive ketones (excluding diaryl/α,β-unsaturated/α-hetero) is 2. The van der Waals surface area contributed by atoms with E-state index in [0.29, 0.717) is 5.69 Å². The Morgan fingerprint density at radius 1 is 1.04 bits per heavy atom. The molecule has 0 spiro atoms. The molecule has 132 valence electrons. The first kappa shape index (κ1) is 19.1. The van der Waals surface area contributed by atoms with Crippen LogP contribution < -0.4 is 4.31 Å². The highest BCUT2D eigenvalue weighted by atomic mass is 35.5. The molecule has 0 aliphatic heterocycles. The summed E-state index contributed by atoms with van der Waals surface area (Å²) in [5.41, 5.74) is 1.21. The zero-order valence-corrected chi connectivity index (χ0v) is 15.4. The van der Waals surface area contributed by atoms with Gasteiger partial charge >= 0.3 is 0 Å². The first-order valence-corrected chi connectivity index (χ1v) is 9.55. The minimum atomic E-state index is -4.04. The molecule has 0 N–H and O–H groups in total. The van der Waals surface area contributed by atoms with Gasteiger partial charge in [0.05, 0.1) is 16.5 Å². The molecule has 25 heavy (non-hydrogen) atoms. The van der Waals surface area contributed by atoms with Crippen molar-refractivity contribution in [3.8, 4) is 0 Å². The van der Waals surface area contributed by atoms with Crippen molar-refractivity contribution in [3.63, 3.8) is 0 Å². The summed E-state index contributed by atoms with van der Waals surface area (Å²) < 4.78 is 27.2. The van der Waals surface area contributed by atoms with Gasteiger partial charge in [0.1, 0.15) is 6.04 Å². The van der Waals surface area contributed by atoms with E-state index < -0.39 is 33.5 Å². The Kier molecular flexibility index (Phi) is 5.98. The third kappa shape index (κ3) is 4.08. The molecular formula is C18H18ClNO4S. The Labute approximate surface area is 152 Å². The molecule has 0 aliphatic rings. The molecular weight excluding hydrogens is 362 g/mol. The van der Waals surface area contributed by atoms with E-state index in [-0.39, 0.29) is 4.90 Å². The molecule has 0 unspecified atom stereocenters. The number of carbonyl (C=O) groups excluding carboxylic acids is 2. The topological polar surface area (TPSA) is 71.5 Å². The van der Waals surface area contributed by atoms with Gasteiger partial charge in [-0.3, -0.25) is 13.9 Å². The van der Waals surface area contributed by atoms with E-state index in [2.05, 4.69) is 0 Å². The smallest absolute Gasteiger partial charge is 0.264 e. The van der Waals surface area contributed by atoms with Crippen LogP contribution in [0.5, 0.6) is 0 Å². The molecule has 0 heterocycles. The van der Waals surface area contributed by atoms with Crippen LogP contribution in [-0.2, 0) is 19.6 Å². The average molecular weight is 380 g/mol. The molecule has 2 aromatic carbocycles. The van der Waals surface area contributed by atoms with Gasteiger partial charge in [-0.2, -0.15) is 0 Å². The maximum Gasteiger partial charge on any atom is 0.264 e. The number of halogens is 1. The lowest BCUT2D eigenvalue weighted by Gasteiger charge is -2.29. The minimum Gasteiger partial charge on any atom is -0.289 e. The van der Waals surface area contributed by atoms with Gasteiger partial charge in [0, 0.05) is 0 Å². The first-order chi connectivity index (χ1) is 11.8. The van der Waals surface area contributed by atoms with Crippen molar-refractivity contribution >= 4 is 38.9 Å². The van der Waals surface area contributed by atoms with Gasteiger partial charge in [-0.25, -0.2) is 8.42 Å². The third-order valence-electron chi connectivity index (χ3n) is 3.72. The molecule has 7 heteroatoms. The molecule has 5 nitrogen and oxygen atoms in total. The monoisotopic (exact) mass is 379 g/mol. The maximum atomic E-state index is 13.1. The quantitative estimate of drug-likeness (QED) is 0.547. The van der Waals surface area contributed by atoms with Crippen LogP contribution in [-0.4, -0.2) is 31.9 Å². The van der Waals surface area contributed by atoms with Crippen LogP contribution in [0.2, 0.25) is 0 Å². The molecule has 0 amide bonds. The Balaban J connectivity index is 2.57. The van der Waals surface area contributed by atoms with Gasteiger partial charge in [0.25, 0.3) is 10.0 Å². The van der Waals surface area contributed by atoms with Gasteiger partial charge in [-0.15, -0.1) is 11.6 Å². The molecule has 0 radical (unpaired) electrons. The Hall–Kier alpha value is -2.18. The molecule has 0 aromatic heterocycles. The number of rotatable bonds is 7. The van der Waals surface area contributed by atoms with Crippen molar-refractivity contribution < 1.29 is 18.0 Å². The molecule has 0 fully saturated rings. The zero-order valence-electron chi connectivity index (χ0n) is 13.8. The second kappa shape index (κ2) is 7.80. The molecule has 0 bridgehead atoms. The highest BCUT2D eigenvalue weighted by molar-refractivity contribution is 7.93.